The molecule has 0 aliphatic carbocycles. The van der Waals surface area contributed by atoms with Gasteiger partial charge >= 0.3 is 11.9 Å². The average Bonchev–Trinajstić information content (AvgIpc) is 1.94. The van der Waals surface area contributed by atoms with Gasteiger partial charge in [-0.15, -0.1) is 0 Å². The van der Waals surface area contributed by atoms with Gasteiger partial charge in [-0.3, -0.25) is 4.79 Å². The van der Waals surface area contributed by atoms with Gasteiger partial charge in [-0.1, -0.05) is 0 Å². The number of esters is 2. The van der Waals surface area contributed by atoms with Gasteiger partial charge in [0.2, 0.25) is 0 Å². The monoisotopic (exact) mass is 231 g/mol. The van der Waals surface area contributed by atoms with Gasteiger partial charge in [-0.25, -0.2) is 4.79 Å². The molecule has 5 heteroatoms. The smallest absolute Gasteiger partial charge is 0.344 e. The molecule has 0 rings (SSSR count). The molecule has 94 valence electrons. The minimum atomic E-state index is -0.671. The van der Waals surface area contributed by atoms with Crippen molar-refractivity contribution in [3.8, 4) is 0 Å². The summed E-state index contributed by atoms with van der Waals surface area (Å²) in [5.74, 6) is -1.07. The number of hydrogen-bond acceptors (Lipinski definition) is 5. The van der Waals surface area contributed by atoms with E-state index in [1.807, 2.05) is 13.8 Å². The summed E-state index contributed by atoms with van der Waals surface area (Å²) in [7, 11) is 0. The fourth-order valence-electron chi connectivity index (χ4n) is 1.63. The van der Waals surface area contributed by atoms with Gasteiger partial charge in [0.1, 0.15) is 5.60 Å². The predicted molar refractivity (Wildman–Crippen MR) is 59.7 cm³/mol. The SMILES string of the molecule is CC(=O)OCC(=O)OC(C)(C)CC(C)(C)N. The molecule has 0 saturated heterocycles. The maximum Gasteiger partial charge on any atom is 0.344 e. The first-order valence-electron chi connectivity index (χ1n) is 5.16. The summed E-state index contributed by atoms with van der Waals surface area (Å²) in [6.07, 6.45) is 0.520. The van der Waals surface area contributed by atoms with Crippen LogP contribution in [0, 0.1) is 0 Å². The Morgan fingerprint density at radius 3 is 2.06 bits per heavy atom. The van der Waals surface area contributed by atoms with Crippen molar-refractivity contribution in [1.29, 1.82) is 0 Å². The average molecular weight is 231 g/mol. The summed E-state index contributed by atoms with van der Waals surface area (Å²) in [6, 6.07) is 0. The molecule has 0 aromatic rings. The zero-order valence-electron chi connectivity index (χ0n) is 10.6. The molecular weight excluding hydrogens is 210 g/mol. The highest BCUT2D eigenvalue weighted by atomic mass is 16.6. The fraction of sp³-hybridized carbons (Fsp3) is 0.818. The molecular formula is C11H21NO4. The largest absolute Gasteiger partial charge is 0.457 e. The van der Waals surface area contributed by atoms with Crippen molar-refractivity contribution >= 4 is 11.9 Å². The topological polar surface area (TPSA) is 78.6 Å². The van der Waals surface area contributed by atoms with E-state index < -0.39 is 23.1 Å². The minimum absolute atomic E-state index is 0.357. The quantitative estimate of drug-likeness (QED) is 0.714. The van der Waals surface area contributed by atoms with Crippen molar-refractivity contribution in [1.82, 2.24) is 0 Å². The molecule has 0 aliphatic heterocycles. The molecule has 16 heavy (non-hydrogen) atoms. The first-order valence-corrected chi connectivity index (χ1v) is 5.16. The molecule has 0 saturated carbocycles. The van der Waals surface area contributed by atoms with Crippen molar-refractivity contribution in [2.75, 3.05) is 6.61 Å². The van der Waals surface area contributed by atoms with Gasteiger partial charge in [-0.05, 0) is 27.7 Å². The minimum Gasteiger partial charge on any atom is -0.457 e. The van der Waals surface area contributed by atoms with E-state index in [0.717, 1.165) is 0 Å². The summed E-state index contributed by atoms with van der Waals surface area (Å²) >= 11 is 0. The Balaban J connectivity index is 4.15. The summed E-state index contributed by atoms with van der Waals surface area (Å²) in [6.45, 7) is 8.13. The van der Waals surface area contributed by atoms with Crippen LogP contribution in [-0.4, -0.2) is 29.7 Å². The summed E-state index contributed by atoms with van der Waals surface area (Å²) < 4.78 is 9.70. The van der Waals surface area contributed by atoms with E-state index in [1.54, 1.807) is 13.8 Å². The van der Waals surface area contributed by atoms with E-state index in [2.05, 4.69) is 4.74 Å². The zero-order chi connectivity index (χ0) is 13.0. The van der Waals surface area contributed by atoms with Gasteiger partial charge in [0, 0.05) is 18.9 Å². The Morgan fingerprint density at radius 1 is 1.19 bits per heavy atom. The van der Waals surface area contributed by atoms with E-state index in [1.165, 1.54) is 6.92 Å². The molecule has 0 fully saturated rings. The summed E-state index contributed by atoms with van der Waals surface area (Å²) in [5.41, 5.74) is 4.75. The molecule has 0 aromatic carbocycles. The molecule has 0 unspecified atom stereocenters. The highest BCUT2D eigenvalue weighted by Crippen LogP contribution is 2.21. The van der Waals surface area contributed by atoms with Crippen LogP contribution in [-0.2, 0) is 19.1 Å². The Kier molecular flexibility index (Phi) is 4.93. The van der Waals surface area contributed by atoms with E-state index in [4.69, 9.17) is 10.5 Å². The number of hydrogen-bond donors (Lipinski definition) is 1. The number of nitrogens with two attached hydrogens (primary N) is 1. The second-order valence-electron chi connectivity index (χ2n) is 5.18. The van der Waals surface area contributed by atoms with E-state index >= 15 is 0 Å². The molecule has 0 radical (unpaired) electrons. The van der Waals surface area contributed by atoms with E-state index in [9.17, 15) is 9.59 Å². The number of ether oxygens (including phenoxy) is 2. The van der Waals surface area contributed by atoms with Gasteiger partial charge in [0.15, 0.2) is 6.61 Å². The number of carbonyl (C=O) groups excluding carboxylic acids is 2. The molecule has 5 nitrogen and oxygen atoms in total. The van der Waals surface area contributed by atoms with Crippen molar-refractivity contribution in [3.63, 3.8) is 0 Å². The summed E-state index contributed by atoms with van der Waals surface area (Å²) in [4.78, 5) is 21.8. The molecule has 0 bridgehead atoms. The molecule has 0 amide bonds. The van der Waals surface area contributed by atoms with Crippen LogP contribution in [0.5, 0.6) is 0 Å². The van der Waals surface area contributed by atoms with Crippen LogP contribution in [0.25, 0.3) is 0 Å². The van der Waals surface area contributed by atoms with Crippen LogP contribution >= 0.6 is 0 Å². The Morgan fingerprint density at radius 2 is 1.69 bits per heavy atom. The molecule has 0 heterocycles. The molecule has 2 N–H and O–H groups in total. The van der Waals surface area contributed by atoms with Crippen molar-refractivity contribution in [3.05, 3.63) is 0 Å². The molecule has 0 atom stereocenters. The second-order valence-corrected chi connectivity index (χ2v) is 5.18. The van der Waals surface area contributed by atoms with Crippen molar-refractivity contribution in [2.24, 2.45) is 5.73 Å². The lowest BCUT2D eigenvalue weighted by molar-refractivity contribution is -0.168. The van der Waals surface area contributed by atoms with E-state index in [0.29, 0.717) is 6.42 Å². The van der Waals surface area contributed by atoms with Crippen LogP contribution in [0.1, 0.15) is 41.0 Å². The molecule has 0 aromatic heterocycles. The Bertz CT molecular complexity index is 266. The number of carbonyl (C=O) groups is 2. The van der Waals surface area contributed by atoms with Gasteiger partial charge in [0.05, 0.1) is 0 Å². The first-order chi connectivity index (χ1) is 7.02. The van der Waals surface area contributed by atoms with Crippen molar-refractivity contribution < 1.29 is 19.1 Å². The predicted octanol–water partition coefficient (Wildman–Crippen LogP) is 0.999. The number of rotatable bonds is 5. The lowest BCUT2D eigenvalue weighted by Gasteiger charge is -2.31. The third kappa shape index (κ3) is 8.23. The van der Waals surface area contributed by atoms with Crippen LogP contribution in [0.2, 0.25) is 0 Å². The Hall–Kier alpha value is -1.10. The maximum atomic E-state index is 11.3. The maximum absolute atomic E-state index is 11.3. The third-order valence-electron chi connectivity index (χ3n) is 1.66. The lowest BCUT2D eigenvalue weighted by Crippen LogP contribution is -2.43. The Labute approximate surface area is 96.3 Å². The second kappa shape index (κ2) is 5.30. The van der Waals surface area contributed by atoms with Gasteiger partial charge in [-0.2, -0.15) is 0 Å². The van der Waals surface area contributed by atoms with Crippen LogP contribution in [0.3, 0.4) is 0 Å². The molecule has 0 aliphatic rings. The van der Waals surface area contributed by atoms with Crippen LogP contribution in [0.4, 0.5) is 0 Å². The zero-order valence-corrected chi connectivity index (χ0v) is 10.6. The van der Waals surface area contributed by atoms with Crippen LogP contribution in [0.15, 0.2) is 0 Å². The van der Waals surface area contributed by atoms with Gasteiger partial charge in [0.25, 0.3) is 0 Å². The highest BCUT2D eigenvalue weighted by Gasteiger charge is 2.29. The fourth-order valence-corrected chi connectivity index (χ4v) is 1.63. The standard InChI is InChI=1S/C11H21NO4/c1-8(13)15-6-9(14)16-11(4,5)7-10(2,3)12/h6-7,12H2,1-5H3. The van der Waals surface area contributed by atoms with Crippen molar-refractivity contribution in [2.45, 2.75) is 52.2 Å². The van der Waals surface area contributed by atoms with E-state index in [-0.39, 0.29) is 6.61 Å². The normalized spacial score (nSPS) is 12.1. The molecule has 0 spiro atoms. The first kappa shape index (κ1) is 14.9. The van der Waals surface area contributed by atoms with Gasteiger partial charge < -0.3 is 15.2 Å². The summed E-state index contributed by atoms with van der Waals surface area (Å²) in [5, 5.41) is 0. The highest BCUT2D eigenvalue weighted by molar-refractivity contribution is 5.75. The van der Waals surface area contributed by atoms with Crippen LogP contribution < -0.4 is 5.73 Å². The third-order valence-corrected chi connectivity index (χ3v) is 1.66. The lowest BCUT2D eigenvalue weighted by atomic mass is 9.90.